The summed E-state index contributed by atoms with van der Waals surface area (Å²) < 4.78 is 0. The number of pyridine rings is 1. The topological polar surface area (TPSA) is 54.0 Å². The monoisotopic (exact) mass is 323 g/mol. The zero-order chi connectivity index (χ0) is 15.4. The van der Waals surface area contributed by atoms with Gasteiger partial charge in [-0.3, -0.25) is 9.78 Å². The predicted octanol–water partition coefficient (Wildman–Crippen LogP) is 4.38. The van der Waals surface area contributed by atoms with Crippen LogP contribution in [0.2, 0.25) is 10.0 Å². The number of aryl methyl sites for hydroxylation is 1. The van der Waals surface area contributed by atoms with Crippen LogP contribution >= 0.6 is 23.2 Å². The van der Waals surface area contributed by atoms with E-state index in [0.717, 1.165) is 11.4 Å². The Morgan fingerprint density at radius 3 is 2.71 bits per heavy atom. The molecule has 1 heterocycles. The average Bonchev–Trinajstić information content (AvgIpc) is 2.43. The molecule has 2 N–H and O–H groups in total. The molecule has 2 aromatic rings. The van der Waals surface area contributed by atoms with Gasteiger partial charge in [-0.15, -0.1) is 0 Å². The fraction of sp³-hybridized carbons (Fsp3) is 0.200. The fourth-order valence-electron chi connectivity index (χ4n) is 1.86. The molecule has 6 heteroatoms. The number of hydrogen-bond acceptors (Lipinski definition) is 3. The fourth-order valence-corrected chi connectivity index (χ4v) is 2.20. The van der Waals surface area contributed by atoms with Gasteiger partial charge in [0.1, 0.15) is 0 Å². The van der Waals surface area contributed by atoms with Crippen LogP contribution in [0.15, 0.2) is 30.5 Å². The summed E-state index contributed by atoms with van der Waals surface area (Å²) in [5.74, 6) is -0.289. The molecule has 0 atom stereocenters. The first-order valence-electron chi connectivity index (χ1n) is 6.48. The summed E-state index contributed by atoms with van der Waals surface area (Å²) >= 11 is 12.0. The van der Waals surface area contributed by atoms with Gasteiger partial charge in [0.25, 0.3) is 5.91 Å². The molecule has 0 aliphatic rings. The van der Waals surface area contributed by atoms with Crippen molar-refractivity contribution < 1.29 is 4.79 Å². The number of carbonyl (C=O) groups excluding carboxylic acids is 1. The first kappa shape index (κ1) is 15.6. The normalized spacial score (nSPS) is 10.3. The standard InChI is InChI=1S/C15H15Cl2N3O/c1-3-18-13-6-9(2)19-8-11(13)15(21)20-14-7-10(16)4-5-12(14)17/h4-8H,3H2,1-2H3,(H,18,19)(H,20,21). The van der Waals surface area contributed by atoms with Crippen LogP contribution in [0.3, 0.4) is 0 Å². The molecule has 1 aromatic heterocycles. The minimum absolute atomic E-state index is 0.289. The summed E-state index contributed by atoms with van der Waals surface area (Å²) in [5, 5.41) is 6.83. The molecule has 1 amide bonds. The van der Waals surface area contributed by atoms with Gasteiger partial charge in [0.15, 0.2) is 0 Å². The number of hydrogen-bond donors (Lipinski definition) is 2. The lowest BCUT2D eigenvalue weighted by Gasteiger charge is -2.12. The second kappa shape index (κ2) is 6.78. The SMILES string of the molecule is CCNc1cc(C)ncc1C(=O)Nc1cc(Cl)ccc1Cl. The van der Waals surface area contributed by atoms with E-state index >= 15 is 0 Å². The highest BCUT2D eigenvalue weighted by atomic mass is 35.5. The van der Waals surface area contributed by atoms with Crippen molar-refractivity contribution in [2.24, 2.45) is 0 Å². The van der Waals surface area contributed by atoms with E-state index in [2.05, 4.69) is 15.6 Å². The highest BCUT2D eigenvalue weighted by Gasteiger charge is 2.14. The first-order valence-corrected chi connectivity index (χ1v) is 7.23. The molecular formula is C15H15Cl2N3O. The van der Waals surface area contributed by atoms with E-state index in [1.54, 1.807) is 24.4 Å². The Bertz CT molecular complexity index is 674. The quantitative estimate of drug-likeness (QED) is 0.877. The van der Waals surface area contributed by atoms with Gasteiger partial charge in [-0.1, -0.05) is 23.2 Å². The van der Waals surface area contributed by atoms with E-state index < -0.39 is 0 Å². The summed E-state index contributed by atoms with van der Waals surface area (Å²) in [6.07, 6.45) is 1.54. The summed E-state index contributed by atoms with van der Waals surface area (Å²) in [5.41, 5.74) is 2.50. The van der Waals surface area contributed by atoms with Crippen LogP contribution in [0.4, 0.5) is 11.4 Å². The number of nitrogens with zero attached hydrogens (tertiary/aromatic N) is 1. The molecule has 0 saturated carbocycles. The lowest BCUT2D eigenvalue weighted by Crippen LogP contribution is -2.15. The Kier molecular flexibility index (Phi) is 5.04. The molecule has 4 nitrogen and oxygen atoms in total. The largest absolute Gasteiger partial charge is 0.385 e. The third kappa shape index (κ3) is 3.86. The molecule has 0 unspecified atom stereocenters. The second-order valence-electron chi connectivity index (χ2n) is 4.48. The van der Waals surface area contributed by atoms with Crippen molar-refractivity contribution in [3.63, 3.8) is 0 Å². The third-order valence-corrected chi connectivity index (χ3v) is 3.39. The molecule has 0 fully saturated rings. The highest BCUT2D eigenvalue weighted by molar-refractivity contribution is 6.36. The van der Waals surface area contributed by atoms with Gasteiger partial charge in [-0.2, -0.15) is 0 Å². The maximum Gasteiger partial charge on any atom is 0.259 e. The van der Waals surface area contributed by atoms with Crippen molar-refractivity contribution in [3.8, 4) is 0 Å². The van der Waals surface area contributed by atoms with Crippen molar-refractivity contribution in [3.05, 3.63) is 51.8 Å². The van der Waals surface area contributed by atoms with E-state index in [4.69, 9.17) is 23.2 Å². The zero-order valence-electron chi connectivity index (χ0n) is 11.7. The van der Waals surface area contributed by atoms with Gasteiger partial charge in [-0.05, 0) is 38.1 Å². The molecule has 0 aliphatic heterocycles. The second-order valence-corrected chi connectivity index (χ2v) is 5.32. The molecule has 0 radical (unpaired) electrons. The predicted molar refractivity (Wildman–Crippen MR) is 87.6 cm³/mol. The third-order valence-electron chi connectivity index (χ3n) is 2.83. The maximum absolute atomic E-state index is 12.4. The van der Waals surface area contributed by atoms with E-state index in [9.17, 15) is 4.79 Å². The van der Waals surface area contributed by atoms with Gasteiger partial charge in [-0.25, -0.2) is 0 Å². The first-order chi connectivity index (χ1) is 10.0. The molecule has 21 heavy (non-hydrogen) atoms. The van der Waals surface area contributed by atoms with Crippen molar-refractivity contribution in [1.29, 1.82) is 0 Å². The smallest absolute Gasteiger partial charge is 0.259 e. The molecule has 0 saturated heterocycles. The van der Waals surface area contributed by atoms with Crippen molar-refractivity contribution in [2.45, 2.75) is 13.8 Å². The van der Waals surface area contributed by atoms with Crippen molar-refractivity contribution in [2.75, 3.05) is 17.2 Å². The Morgan fingerprint density at radius 1 is 1.24 bits per heavy atom. The van der Waals surface area contributed by atoms with Crippen LogP contribution in [0, 0.1) is 6.92 Å². The van der Waals surface area contributed by atoms with Crippen LogP contribution in [-0.2, 0) is 0 Å². The lowest BCUT2D eigenvalue weighted by molar-refractivity contribution is 0.102. The summed E-state index contributed by atoms with van der Waals surface area (Å²) in [7, 11) is 0. The van der Waals surface area contributed by atoms with E-state index in [1.807, 2.05) is 19.9 Å². The highest BCUT2D eigenvalue weighted by Crippen LogP contribution is 2.26. The minimum Gasteiger partial charge on any atom is -0.385 e. The van der Waals surface area contributed by atoms with E-state index in [0.29, 0.717) is 27.8 Å². The minimum atomic E-state index is -0.289. The molecule has 110 valence electrons. The Morgan fingerprint density at radius 2 is 2.00 bits per heavy atom. The Hall–Kier alpha value is -1.78. The van der Waals surface area contributed by atoms with Crippen LogP contribution < -0.4 is 10.6 Å². The van der Waals surface area contributed by atoms with Crippen LogP contribution in [0.5, 0.6) is 0 Å². The Labute approximate surface area is 133 Å². The van der Waals surface area contributed by atoms with Crippen LogP contribution in [-0.4, -0.2) is 17.4 Å². The van der Waals surface area contributed by atoms with E-state index in [1.165, 1.54) is 0 Å². The number of benzene rings is 1. The number of aromatic nitrogens is 1. The summed E-state index contributed by atoms with van der Waals surface area (Å²) in [4.78, 5) is 16.6. The van der Waals surface area contributed by atoms with Crippen molar-refractivity contribution in [1.82, 2.24) is 4.98 Å². The van der Waals surface area contributed by atoms with Crippen molar-refractivity contribution >= 4 is 40.5 Å². The van der Waals surface area contributed by atoms with Crippen LogP contribution in [0.25, 0.3) is 0 Å². The molecular weight excluding hydrogens is 309 g/mol. The number of rotatable bonds is 4. The molecule has 0 spiro atoms. The molecule has 0 aliphatic carbocycles. The molecule has 1 aromatic carbocycles. The molecule has 2 rings (SSSR count). The van der Waals surface area contributed by atoms with Gasteiger partial charge >= 0.3 is 0 Å². The van der Waals surface area contributed by atoms with Gasteiger partial charge in [0, 0.05) is 23.5 Å². The lowest BCUT2D eigenvalue weighted by atomic mass is 10.2. The summed E-state index contributed by atoms with van der Waals surface area (Å²) in [6.45, 7) is 4.54. The van der Waals surface area contributed by atoms with Gasteiger partial charge in [0.05, 0.1) is 22.0 Å². The maximum atomic E-state index is 12.4. The van der Waals surface area contributed by atoms with Crippen LogP contribution in [0.1, 0.15) is 23.0 Å². The number of carbonyl (C=O) groups is 1. The average molecular weight is 324 g/mol. The Balaban J connectivity index is 2.30. The number of anilines is 2. The molecule has 0 bridgehead atoms. The van der Waals surface area contributed by atoms with E-state index in [-0.39, 0.29) is 5.91 Å². The van der Waals surface area contributed by atoms with Gasteiger partial charge in [0.2, 0.25) is 0 Å². The number of nitrogens with one attached hydrogen (secondary N) is 2. The van der Waals surface area contributed by atoms with Gasteiger partial charge < -0.3 is 10.6 Å². The number of amides is 1. The zero-order valence-corrected chi connectivity index (χ0v) is 13.2. The summed E-state index contributed by atoms with van der Waals surface area (Å²) in [6, 6.07) is 6.74. The number of halogens is 2.